The molecule has 0 amide bonds. The zero-order valence-corrected chi connectivity index (χ0v) is 10.3. The van der Waals surface area contributed by atoms with E-state index < -0.39 is 5.97 Å². The lowest BCUT2D eigenvalue weighted by atomic mass is 10.1. The molecular formula is C13H10ClNO3. The van der Waals surface area contributed by atoms with E-state index in [1.54, 1.807) is 24.3 Å². The zero-order valence-electron chi connectivity index (χ0n) is 9.57. The van der Waals surface area contributed by atoms with Crippen LogP contribution in [0.1, 0.15) is 10.4 Å². The van der Waals surface area contributed by atoms with Gasteiger partial charge < -0.3 is 9.72 Å². The molecule has 1 heterocycles. The first kappa shape index (κ1) is 12.4. The van der Waals surface area contributed by atoms with Gasteiger partial charge in [0.15, 0.2) is 0 Å². The first-order valence-corrected chi connectivity index (χ1v) is 5.57. The number of aromatic nitrogens is 1. The number of H-pyrrole nitrogens is 1. The number of esters is 1. The smallest absolute Gasteiger partial charge is 0.340 e. The van der Waals surface area contributed by atoms with Crippen molar-refractivity contribution in [1.82, 2.24) is 4.98 Å². The summed E-state index contributed by atoms with van der Waals surface area (Å²) in [6.45, 7) is 0. The Kier molecular flexibility index (Phi) is 3.48. The van der Waals surface area contributed by atoms with Gasteiger partial charge in [0.1, 0.15) is 0 Å². The summed E-state index contributed by atoms with van der Waals surface area (Å²) in [5.41, 5.74) is 1.05. The van der Waals surface area contributed by atoms with Crippen LogP contribution in [0.2, 0.25) is 5.02 Å². The quantitative estimate of drug-likeness (QED) is 0.847. The molecule has 0 bridgehead atoms. The Morgan fingerprint density at radius 2 is 2.06 bits per heavy atom. The fourth-order valence-electron chi connectivity index (χ4n) is 1.63. The number of carbonyl (C=O) groups is 1. The van der Waals surface area contributed by atoms with E-state index in [0.29, 0.717) is 21.8 Å². The summed E-state index contributed by atoms with van der Waals surface area (Å²) in [7, 11) is 1.29. The van der Waals surface area contributed by atoms with Crippen molar-refractivity contribution < 1.29 is 9.53 Å². The summed E-state index contributed by atoms with van der Waals surface area (Å²) in [5.74, 6) is -0.513. The van der Waals surface area contributed by atoms with E-state index in [-0.39, 0.29) is 5.56 Å². The molecule has 0 atom stereocenters. The molecule has 0 unspecified atom stereocenters. The van der Waals surface area contributed by atoms with Gasteiger partial charge in [-0.15, -0.1) is 0 Å². The van der Waals surface area contributed by atoms with Gasteiger partial charge in [-0.1, -0.05) is 23.7 Å². The number of ether oxygens (including phenoxy) is 1. The van der Waals surface area contributed by atoms with Crippen LogP contribution < -0.4 is 5.56 Å². The summed E-state index contributed by atoms with van der Waals surface area (Å²) in [6, 6.07) is 9.58. The molecule has 1 aromatic heterocycles. The highest BCUT2D eigenvalue weighted by molar-refractivity contribution is 6.30. The highest BCUT2D eigenvalue weighted by Crippen LogP contribution is 2.23. The van der Waals surface area contributed by atoms with Crippen molar-refractivity contribution in [3.05, 3.63) is 57.3 Å². The number of nitrogens with one attached hydrogen (secondary N) is 1. The van der Waals surface area contributed by atoms with E-state index in [9.17, 15) is 9.59 Å². The number of methoxy groups -OCH3 is 1. The molecular weight excluding hydrogens is 254 g/mol. The van der Waals surface area contributed by atoms with Crippen LogP contribution in [0, 0.1) is 0 Å². The maximum atomic E-state index is 11.6. The normalized spacial score (nSPS) is 10.1. The highest BCUT2D eigenvalue weighted by atomic mass is 35.5. The molecule has 92 valence electrons. The number of carbonyl (C=O) groups excluding carboxylic acids is 1. The van der Waals surface area contributed by atoms with E-state index >= 15 is 0 Å². The van der Waals surface area contributed by atoms with Gasteiger partial charge in [0.05, 0.1) is 18.4 Å². The molecule has 0 saturated heterocycles. The largest absolute Gasteiger partial charge is 0.465 e. The Labute approximate surface area is 108 Å². The molecule has 1 N–H and O–H groups in total. The minimum atomic E-state index is -0.513. The topological polar surface area (TPSA) is 59.2 Å². The van der Waals surface area contributed by atoms with Gasteiger partial charge in [-0.25, -0.2) is 4.79 Å². The monoisotopic (exact) mass is 263 g/mol. The molecule has 5 heteroatoms. The number of pyridine rings is 1. The van der Waals surface area contributed by atoms with Crippen LogP contribution in [0.15, 0.2) is 41.2 Å². The maximum absolute atomic E-state index is 11.6. The van der Waals surface area contributed by atoms with Gasteiger partial charge in [-0.05, 0) is 18.2 Å². The van der Waals surface area contributed by atoms with Crippen LogP contribution >= 0.6 is 11.6 Å². The number of benzene rings is 1. The van der Waals surface area contributed by atoms with Crippen LogP contribution in [-0.4, -0.2) is 18.1 Å². The SMILES string of the molecule is COC(=O)c1ccc(=O)[nH]c1-c1cccc(Cl)c1. The molecule has 1 aromatic carbocycles. The summed E-state index contributed by atoms with van der Waals surface area (Å²) in [4.78, 5) is 25.6. The van der Waals surface area contributed by atoms with Gasteiger partial charge >= 0.3 is 5.97 Å². The number of hydrogen-bond donors (Lipinski definition) is 1. The fourth-order valence-corrected chi connectivity index (χ4v) is 1.82. The van der Waals surface area contributed by atoms with Gasteiger partial charge in [0, 0.05) is 16.7 Å². The van der Waals surface area contributed by atoms with Crippen LogP contribution in [0.25, 0.3) is 11.3 Å². The number of hydrogen-bond acceptors (Lipinski definition) is 3. The lowest BCUT2D eigenvalue weighted by Gasteiger charge is -2.07. The molecule has 2 rings (SSSR count). The maximum Gasteiger partial charge on any atom is 0.340 e. The van der Waals surface area contributed by atoms with E-state index in [1.165, 1.54) is 19.2 Å². The van der Waals surface area contributed by atoms with E-state index in [0.717, 1.165) is 0 Å². The van der Waals surface area contributed by atoms with Gasteiger partial charge in [0.2, 0.25) is 5.56 Å². The summed E-state index contributed by atoms with van der Waals surface area (Å²) >= 11 is 5.89. The molecule has 0 aliphatic carbocycles. The second-order valence-electron chi connectivity index (χ2n) is 3.61. The van der Waals surface area contributed by atoms with Crippen LogP contribution in [0.3, 0.4) is 0 Å². The van der Waals surface area contributed by atoms with E-state index in [1.807, 2.05) is 0 Å². The molecule has 0 aliphatic rings. The Balaban J connectivity index is 2.65. The molecule has 4 nitrogen and oxygen atoms in total. The first-order chi connectivity index (χ1) is 8.61. The van der Waals surface area contributed by atoms with Crippen molar-refractivity contribution >= 4 is 17.6 Å². The van der Waals surface area contributed by atoms with E-state index in [2.05, 4.69) is 9.72 Å². The lowest BCUT2D eigenvalue weighted by molar-refractivity contribution is 0.0601. The van der Waals surface area contributed by atoms with Crippen molar-refractivity contribution in [1.29, 1.82) is 0 Å². The highest BCUT2D eigenvalue weighted by Gasteiger charge is 2.14. The van der Waals surface area contributed by atoms with Crippen LogP contribution in [0.5, 0.6) is 0 Å². The zero-order chi connectivity index (χ0) is 13.1. The average molecular weight is 264 g/mol. The van der Waals surface area contributed by atoms with Crippen LogP contribution in [0.4, 0.5) is 0 Å². The summed E-state index contributed by atoms with van der Waals surface area (Å²) < 4.78 is 4.67. The third kappa shape index (κ3) is 2.43. The third-order valence-corrected chi connectivity index (χ3v) is 2.67. The minimum absolute atomic E-state index is 0.291. The molecule has 0 aliphatic heterocycles. The Morgan fingerprint density at radius 3 is 2.72 bits per heavy atom. The van der Waals surface area contributed by atoms with Crippen molar-refractivity contribution in [2.45, 2.75) is 0 Å². The number of rotatable bonds is 2. The van der Waals surface area contributed by atoms with Gasteiger partial charge in [0.25, 0.3) is 0 Å². The molecule has 18 heavy (non-hydrogen) atoms. The summed E-state index contributed by atoms with van der Waals surface area (Å²) in [5, 5.41) is 0.521. The molecule has 0 saturated carbocycles. The van der Waals surface area contributed by atoms with Crippen molar-refractivity contribution in [2.24, 2.45) is 0 Å². The van der Waals surface area contributed by atoms with Crippen molar-refractivity contribution in [3.8, 4) is 11.3 Å². The molecule has 0 spiro atoms. The standard InChI is InChI=1S/C13H10ClNO3/c1-18-13(17)10-5-6-11(16)15-12(10)8-3-2-4-9(14)7-8/h2-7H,1H3,(H,15,16). The lowest BCUT2D eigenvalue weighted by Crippen LogP contribution is -2.12. The molecule has 0 radical (unpaired) electrons. The summed E-state index contributed by atoms with van der Waals surface area (Å²) in [6.07, 6.45) is 0. The number of halogens is 1. The second kappa shape index (κ2) is 5.06. The third-order valence-electron chi connectivity index (χ3n) is 2.44. The van der Waals surface area contributed by atoms with Crippen molar-refractivity contribution in [3.63, 3.8) is 0 Å². The first-order valence-electron chi connectivity index (χ1n) is 5.19. The predicted octanol–water partition coefficient (Wildman–Crippen LogP) is 2.48. The molecule has 2 aromatic rings. The van der Waals surface area contributed by atoms with Gasteiger partial charge in [-0.3, -0.25) is 4.79 Å². The Bertz CT molecular complexity index is 649. The molecule has 0 fully saturated rings. The minimum Gasteiger partial charge on any atom is -0.465 e. The average Bonchev–Trinajstić information content (AvgIpc) is 2.38. The van der Waals surface area contributed by atoms with Crippen molar-refractivity contribution in [2.75, 3.05) is 7.11 Å². The van der Waals surface area contributed by atoms with E-state index in [4.69, 9.17) is 11.6 Å². The Morgan fingerprint density at radius 1 is 1.28 bits per heavy atom. The number of aromatic amines is 1. The van der Waals surface area contributed by atoms with Gasteiger partial charge in [-0.2, -0.15) is 0 Å². The fraction of sp³-hybridized carbons (Fsp3) is 0.0769. The van der Waals surface area contributed by atoms with Crippen LogP contribution in [-0.2, 0) is 4.74 Å². The second-order valence-corrected chi connectivity index (χ2v) is 4.05. The predicted molar refractivity (Wildman–Crippen MR) is 68.8 cm³/mol. The Hall–Kier alpha value is -2.07.